The van der Waals surface area contributed by atoms with Crippen LogP contribution in [0.1, 0.15) is 22.8 Å². The first-order chi connectivity index (χ1) is 28.9. The molecule has 9 rings (SSSR count). The van der Waals surface area contributed by atoms with E-state index in [0.29, 0.717) is 0 Å². The molecule has 0 aliphatic carbocycles. The molecule has 7 aromatic rings. The van der Waals surface area contributed by atoms with Gasteiger partial charge < -0.3 is 39.0 Å². The van der Waals surface area contributed by atoms with Gasteiger partial charge in [-0.25, -0.2) is 9.97 Å². The summed E-state index contributed by atoms with van der Waals surface area (Å²) in [6.45, 7) is 0. The van der Waals surface area contributed by atoms with E-state index in [-0.39, 0.29) is 17.1 Å². The molecule has 4 aromatic carbocycles. The first-order valence-corrected chi connectivity index (χ1v) is 18.5. The van der Waals surface area contributed by atoms with Crippen molar-refractivity contribution in [2.24, 2.45) is 5.34 Å². The third kappa shape index (κ3) is 8.02. The van der Waals surface area contributed by atoms with Gasteiger partial charge in [0.2, 0.25) is 0 Å². The van der Waals surface area contributed by atoms with Gasteiger partial charge in [0.15, 0.2) is 0 Å². The van der Waals surface area contributed by atoms with Crippen LogP contribution in [0.25, 0.3) is 90.9 Å². The number of hydrogen-bond donors (Lipinski definition) is 0. The van der Waals surface area contributed by atoms with Crippen molar-refractivity contribution >= 4 is 46.4 Å². The van der Waals surface area contributed by atoms with Gasteiger partial charge in [-0.15, -0.1) is 27.4 Å². The van der Waals surface area contributed by atoms with Crippen LogP contribution < -0.4 is 28.9 Å². The molecule has 0 saturated carbocycles. The minimum atomic E-state index is 0. The van der Waals surface area contributed by atoms with E-state index in [0.717, 1.165) is 118 Å². The Labute approximate surface area is 356 Å². The van der Waals surface area contributed by atoms with E-state index in [9.17, 15) is 0 Å². The van der Waals surface area contributed by atoms with Crippen molar-refractivity contribution in [3.63, 3.8) is 0 Å². The van der Waals surface area contributed by atoms with Crippen molar-refractivity contribution in [2.45, 2.75) is 0 Å². The summed E-state index contributed by atoms with van der Waals surface area (Å²) in [6, 6.07) is 40.3. The standard InChI is InChI=1S/C48H36N4O4.Fe.HNO2/c1-53-33-13-5-29(6-14-33)45-37-21-23-39(49-37)46(30-7-15-34(54-2)16-8-30)41-25-27-43(51-41)48(32-11-19-36(56-4)20-12-32)44-28-26-42(52-44)47(40-24-22-38(45)50-40)31-9-17-35(55-3)18-10-31;;2-1-3/h5-28H,1-4H3;;(H,2,3)/q-2;+2;/p-1. The van der Waals surface area contributed by atoms with Crippen LogP contribution in [-0.2, 0) is 17.1 Å². The largest absolute Gasteiger partial charge is 2.00 e. The molecule has 8 bridgehead atoms. The van der Waals surface area contributed by atoms with Crippen molar-refractivity contribution in [1.29, 1.82) is 0 Å². The maximum Gasteiger partial charge on any atom is 2.00 e. The normalized spacial score (nSPS) is 11.2. The minimum Gasteiger partial charge on any atom is -0.657 e. The Kier molecular flexibility index (Phi) is 12.3. The molecule has 0 N–H and O–H groups in total. The van der Waals surface area contributed by atoms with Crippen molar-refractivity contribution in [3.05, 3.63) is 154 Å². The molecule has 298 valence electrons. The number of rotatable bonds is 8. The van der Waals surface area contributed by atoms with E-state index in [2.05, 4.69) is 48.6 Å². The predicted molar refractivity (Wildman–Crippen MR) is 234 cm³/mol. The summed E-state index contributed by atoms with van der Waals surface area (Å²) in [5.41, 5.74) is 13.7. The quantitative estimate of drug-likeness (QED) is 0.0824. The van der Waals surface area contributed by atoms with Gasteiger partial charge in [-0.1, -0.05) is 72.8 Å². The number of methoxy groups -OCH3 is 4. The molecule has 0 fully saturated rings. The van der Waals surface area contributed by atoms with E-state index in [1.54, 1.807) is 28.4 Å². The maximum absolute atomic E-state index is 8.00. The molecule has 0 saturated heterocycles. The van der Waals surface area contributed by atoms with Crippen molar-refractivity contribution in [1.82, 2.24) is 19.9 Å². The molecular formula is C48H36FeN5O6-. The molecule has 3 aromatic heterocycles. The third-order valence-electron chi connectivity index (χ3n) is 10.1. The molecule has 0 unspecified atom stereocenters. The van der Waals surface area contributed by atoms with E-state index >= 15 is 0 Å². The smallest absolute Gasteiger partial charge is 0.657 e. The van der Waals surface area contributed by atoms with Gasteiger partial charge in [-0.05, 0) is 117 Å². The molecule has 2 aliphatic rings. The molecule has 0 atom stereocenters. The zero-order valence-corrected chi connectivity index (χ0v) is 34.0. The second-order valence-corrected chi connectivity index (χ2v) is 13.4. The number of benzene rings is 4. The molecule has 11 nitrogen and oxygen atoms in total. The SMILES string of the molecule is COc1ccc(-c2c3nc(c(-c4ccc(OC)cc4)c4ccc([n-]4)c(-c4ccc(OC)cc4)c4nc(c(-c5ccc(OC)cc5)c5ccc2[n-]5)C=C4)C=C3)cc1.O=N[O-].[Fe+2]. The van der Waals surface area contributed by atoms with Crippen LogP contribution in [0, 0.1) is 10.1 Å². The van der Waals surface area contributed by atoms with Crippen molar-refractivity contribution in [2.75, 3.05) is 28.4 Å². The van der Waals surface area contributed by atoms with Crippen LogP contribution in [0.3, 0.4) is 0 Å². The topological polar surface area (TPSA) is 143 Å². The van der Waals surface area contributed by atoms with Crippen LogP contribution in [-0.4, -0.2) is 38.4 Å². The maximum atomic E-state index is 8.00. The second kappa shape index (κ2) is 18.0. The Morgan fingerprint density at radius 1 is 0.400 bits per heavy atom. The summed E-state index contributed by atoms with van der Waals surface area (Å²) in [4.78, 5) is 29.4. The Balaban J connectivity index is 0.00000132. The summed E-state index contributed by atoms with van der Waals surface area (Å²) in [5, 5.41) is 9.00. The molecule has 0 amide bonds. The van der Waals surface area contributed by atoms with E-state index in [1.165, 1.54) is 0 Å². The first kappa shape index (κ1) is 40.8. The fraction of sp³-hybridized carbons (Fsp3) is 0.0833. The zero-order valence-electron chi connectivity index (χ0n) is 32.9. The molecule has 60 heavy (non-hydrogen) atoms. The Morgan fingerprint density at radius 2 is 0.600 bits per heavy atom. The summed E-state index contributed by atoms with van der Waals surface area (Å²) >= 11 is 0. The van der Waals surface area contributed by atoms with Crippen LogP contribution in [0.5, 0.6) is 23.0 Å². The Bertz CT molecular complexity index is 2500. The van der Waals surface area contributed by atoms with Gasteiger partial charge in [0, 0.05) is 0 Å². The second-order valence-electron chi connectivity index (χ2n) is 13.4. The van der Waals surface area contributed by atoms with E-state index < -0.39 is 0 Å². The molecule has 0 spiro atoms. The van der Waals surface area contributed by atoms with Gasteiger partial charge in [0.1, 0.15) is 23.0 Å². The van der Waals surface area contributed by atoms with Gasteiger partial charge in [-0.3, -0.25) is 0 Å². The number of nitrogens with zero attached hydrogens (tertiary/aromatic N) is 5. The molecular weight excluding hydrogens is 798 g/mol. The Hall–Kier alpha value is -7.40. The molecule has 0 radical (unpaired) electrons. The van der Waals surface area contributed by atoms with Gasteiger partial charge >= 0.3 is 17.1 Å². The van der Waals surface area contributed by atoms with Gasteiger partial charge in [0.05, 0.1) is 51.2 Å². The number of hydrogen-bond acceptors (Lipinski definition) is 9. The molecule has 2 aliphatic heterocycles. The number of fused-ring (bicyclic) bond motifs is 8. The summed E-state index contributed by atoms with van der Waals surface area (Å²) in [5.74, 6) is 3.06. The fourth-order valence-corrected chi connectivity index (χ4v) is 7.30. The monoisotopic (exact) mass is 834 g/mol. The summed E-state index contributed by atoms with van der Waals surface area (Å²) < 4.78 is 22.1. The fourth-order valence-electron chi connectivity index (χ4n) is 7.30. The van der Waals surface area contributed by atoms with Crippen LogP contribution >= 0.6 is 0 Å². The van der Waals surface area contributed by atoms with Crippen molar-refractivity contribution in [3.8, 4) is 67.5 Å². The first-order valence-electron chi connectivity index (χ1n) is 18.5. The van der Waals surface area contributed by atoms with Gasteiger partial charge in [0.25, 0.3) is 0 Å². The number of ether oxygens (including phenoxy) is 4. The average molecular weight is 835 g/mol. The van der Waals surface area contributed by atoms with E-state index in [4.69, 9.17) is 49.0 Å². The summed E-state index contributed by atoms with van der Waals surface area (Å²) in [6.07, 6.45) is 8.23. The minimum absolute atomic E-state index is 0. The predicted octanol–water partition coefficient (Wildman–Crippen LogP) is 10.9. The van der Waals surface area contributed by atoms with E-state index in [1.807, 2.05) is 97.1 Å². The summed E-state index contributed by atoms with van der Waals surface area (Å²) in [7, 11) is 6.67. The average Bonchev–Trinajstić information content (AvgIpc) is 4.13. The van der Waals surface area contributed by atoms with Crippen molar-refractivity contribution < 1.29 is 36.0 Å². The number of aromatic nitrogens is 4. The van der Waals surface area contributed by atoms with Crippen LogP contribution in [0.2, 0.25) is 0 Å². The Morgan fingerprint density at radius 3 is 0.783 bits per heavy atom. The third-order valence-corrected chi connectivity index (χ3v) is 10.1. The van der Waals surface area contributed by atoms with Gasteiger partial charge in [-0.2, -0.15) is 0 Å². The molecule has 5 heterocycles. The molecule has 12 heteroatoms. The van der Waals surface area contributed by atoms with Crippen LogP contribution in [0.4, 0.5) is 0 Å². The van der Waals surface area contributed by atoms with Crippen LogP contribution in [0.15, 0.2) is 127 Å². The zero-order chi connectivity index (χ0) is 40.9.